The van der Waals surface area contributed by atoms with Crippen molar-refractivity contribution in [3.8, 4) is 0 Å². The second-order valence-electron chi connectivity index (χ2n) is 9.20. The molecule has 0 spiro atoms. The molecule has 0 aromatic heterocycles. The molecule has 0 amide bonds. The van der Waals surface area contributed by atoms with Crippen molar-refractivity contribution < 1.29 is 18.6 Å². The summed E-state index contributed by atoms with van der Waals surface area (Å²) in [6.07, 6.45) is 2.03. The minimum absolute atomic E-state index is 0.340. The topological polar surface area (TPSA) is 36.9 Å². The summed E-state index contributed by atoms with van der Waals surface area (Å²) >= 11 is 0. The lowest BCUT2D eigenvalue weighted by Gasteiger charge is -2.32. The van der Waals surface area contributed by atoms with Crippen molar-refractivity contribution in [2.45, 2.75) is 77.8 Å². The van der Waals surface area contributed by atoms with Gasteiger partial charge in [0.1, 0.15) is 0 Å². The van der Waals surface area contributed by atoms with Crippen molar-refractivity contribution in [3.05, 3.63) is 35.8 Å². The van der Waals surface area contributed by atoms with E-state index in [1.165, 1.54) is 0 Å². The first kappa shape index (κ1) is 19.7. The average molecular weight is 356 g/mol. The Bertz CT molecular complexity index is 678. The first-order chi connectivity index (χ1) is 11.8. The van der Waals surface area contributed by atoms with Crippen molar-refractivity contribution in [1.29, 1.82) is 0 Å². The van der Waals surface area contributed by atoms with E-state index in [9.17, 15) is 0 Å². The van der Waals surface area contributed by atoms with Gasteiger partial charge in [-0.3, -0.25) is 0 Å². The fraction of sp³-hybridized carbons (Fsp3) is 0.600. The molecule has 4 nitrogen and oxygen atoms in total. The van der Waals surface area contributed by atoms with Gasteiger partial charge in [-0.05, 0) is 66.4 Å². The van der Waals surface area contributed by atoms with E-state index >= 15 is 0 Å². The summed E-state index contributed by atoms with van der Waals surface area (Å²) in [6.45, 7) is 16.5. The molecule has 6 heteroatoms. The molecule has 2 aliphatic heterocycles. The molecule has 0 unspecified atom stereocenters. The molecule has 0 bridgehead atoms. The highest BCUT2D eigenvalue weighted by molar-refractivity contribution is 6.63. The van der Waals surface area contributed by atoms with E-state index in [2.05, 4.69) is 61.5 Å². The van der Waals surface area contributed by atoms with Crippen LogP contribution in [0.3, 0.4) is 0 Å². The highest BCUT2D eigenvalue weighted by Crippen LogP contribution is 2.38. The number of benzene rings is 1. The molecule has 140 valence electrons. The molecular formula is C20H30B2O4. The molecule has 0 radical (unpaired) electrons. The molecule has 1 aromatic carbocycles. The van der Waals surface area contributed by atoms with Gasteiger partial charge in [0.25, 0.3) is 0 Å². The molecule has 2 fully saturated rings. The van der Waals surface area contributed by atoms with Gasteiger partial charge in [0.15, 0.2) is 0 Å². The zero-order valence-corrected chi connectivity index (χ0v) is 17.3. The quantitative estimate of drug-likeness (QED) is 0.776. The Kier molecular flexibility index (Phi) is 4.72. The minimum Gasteiger partial charge on any atom is -0.400 e. The summed E-state index contributed by atoms with van der Waals surface area (Å²) in [5, 5.41) is 0. The largest absolute Gasteiger partial charge is 0.495 e. The third-order valence-electron chi connectivity index (χ3n) is 6.21. The molecular weight excluding hydrogens is 326 g/mol. The van der Waals surface area contributed by atoms with Gasteiger partial charge in [-0.15, -0.1) is 0 Å². The van der Waals surface area contributed by atoms with Crippen molar-refractivity contribution in [3.63, 3.8) is 0 Å². The van der Waals surface area contributed by atoms with Gasteiger partial charge in [-0.2, -0.15) is 0 Å². The van der Waals surface area contributed by atoms with Crippen LogP contribution in [0, 0.1) is 0 Å². The van der Waals surface area contributed by atoms with Crippen LogP contribution in [0.1, 0.15) is 61.0 Å². The van der Waals surface area contributed by atoms with E-state index in [1.54, 1.807) is 0 Å². The van der Waals surface area contributed by atoms with Gasteiger partial charge < -0.3 is 18.6 Å². The van der Waals surface area contributed by atoms with Gasteiger partial charge >= 0.3 is 14.2 Å². The first-order valence-electron chi connectivity index (χ1n) is 9.33. The molecule has 0 saturated carbocycles. The van der Waals surface area contributed by atoms with Crippen molar-refractivity contribution in [2.24, 2.45) is 0 Å². The molecule has 0 atom stereocenters. The van der Waals surface area contributed by atoms with Gasteiger partial charge in [0, 0.05) is 0 Å². The second-order valence-corrected chi connectivity index (χ2v) is 9.20. The number of rotatable bonds is 3. The summed E-state index contributed by atoms with van der Waals surface area (Å²) in [7, 11) is -0.759. The molecule has 26 heavy (non-hydrogen) atoms. The fourth-order valence-corrected chi connectivity index (χ4v) is 3.00. The Morgan fingerprint density at radius 3 is 1.69 bits per heavy atom. The van der Waals surface area contributed by atoms with Crippen molar-refractivity contribution >= 4 is 25.8 Å². The standard InChI is InChI=1S/C20H30B2O4/c1-17(2)18(3,4)24-21(23-17)14-13-15-11-9-10-12-16(15)22-25-19(5,6)20(7,8)26-22/h9-14H,1-8H3. The van der Waals surface area contributed by atoms with E-state index in [-0.39, 0.29) is 36.6 Å². The third-order valence-corrected chi connectivity index (χ3v) is 6.21. The molecule has 0 N–H and O–H groups in total. The monoisotopic (exact) mass is 356 g/mol. The van der Waals surface area contributed by atoms with Gasteiger partial charge in [-0.1, -0.05) is 36.3 Å². The molecule has 2 aliphatic rings. The van der Waals surface area contributed by atoms with E-state index in [1.807, 2.05) is 30.3 Å². The van der Waals surface area contributed by atoms with E-state index in [0.717, 1.165) is 11.0 Å². The van der Waals surface area contributed by atoms with E-state index in [4.69, 9.17) is 18.6 Å². The predicted molar refractivity (Wildman–Crippen MR) is 107 cm³/mol. The Labute approximate surface area is 158 Å². The van der Waals surface area contributed by atoms with Gasteiger partial charge in [-0.25, -0.2) is 0 Å². The number of hydrogen-bond donors (Lipinski definition) is 0. The van der Waals surface area contributed by atoms with Crippen LogP contribution in [0.4, 0.5) is 0 Å². The van der Waals surface area contributed by atoms with Crippen LogP contribution in [-0.2, 0) is 18.6 Å². The molecule has 0 aliphatic carbocycles. The zero-order valence-electron chi connectivity index (χ0n) is 17.3. The molecule has 2 heterocycles. The van der Waals surface area contributed by atoms with Crippen LogP contribution in [-0.4, -0.2) is 36.6 Å². The van der Waals surface area contributed by atoms with E-state index < -0.39 is 0 Å². The van der Waals surface area contributed by atoms with Crippen LogP contribution in [0.15, 0.2) is 30.2 Å². The first-order valence-corrected chi connectivity index (χ1v) is 9.33. The van der Waals surface area contributed by atoms with Crippen LogP contribution >= 0.6 is 0 Å². The summed E-state index contributed by atoms with van der Waals surface area (Å²) in [5.74, 6) is 1.96. The maximum absolute atomic E-state index is 6.21. The van der Waals surface area contributed by atoms with Gasteiger partial charge in [0.2, 0.25) is 0 Å². The third kappa shape index (κ3) is 3.40. The summed E-state index contributed by atoms with van der Waals surface area (Å²) < 4.78 is 24.5. The summed E-state index contributed by atoms with van der Waals surface area (Å²) in [4.78, 5) is 0. The highest BCUT2D eigenvalue weighted by Gasteiger charge is 2.52. The molecule has 2 saturated heterocycles. The van der Waals surface area contributed by atoms with Crippen LogP contribution < -0.4 is 5.46 Å². The second kappa shape index (κ2) is 6.23. The molecule has 3 rings (SSSR count). The van der Waals surface area contributed by atoms with Crippen LogP contribution in [0.25, 0.3) is 6.08 Å². The zero-order chi connectivity index (χ0) is 19.4. The number of hydrogen-bond acceptors (Lipinski definition) is 4. The predicted octanol–water partition coefficient (Wildman–Crippen LogP) is 3.63. The maximum Gasteiger partial charge on any atom is 0.495 e. The lowest BCUT2D eigenvalue weighted by Crippen LogP contribution is -2.41. The van der Waals surface area contributed by atoms with Crippen molar-refractivity contribution in [1.82, 2.24) is 0 Å². The Morgan fingerprint density at radius 1 is 0.692 bits per heavy atom. The van der Waals surface area contributed by atoms with E-state index in [0.29, 0.717) is 0 Å². The smallest absolute Gasteiger partial charge is 0.400 e. The van der Waals surface area contributed by atoms with Crippen molar-refractivity contribution in [2.75, 3.05) is 0 Å². The highest BCUT2D eigenvalue weighted by atomic mass is 16.7. The lowest BCUT2D eigenvalue weighted by molar-refractivity contribution is 0.00578. The van der Waals surface area contributed by atoms with Crippen LogP contribution in [0.2, 0.25) is 0 Å². The fourth-order valence-electron chi connectivity index (χ4n) is 3.00. The molecule has 1 aromatic rings. The Balaban J connectivity index is 1.81. The normalized spacial score (nSPS) is 26.0. The summed E-state index contributed by atoms with van der Waals surface area (Å²) in [6, 6.07) is 8.12. The van der Waals surface area contributed by atoms with Gasteiger partial charge in [0.05, 0.1) is 22.4 Å². The lowest BCUT2D eigenvalue weighted by atomic mass is 9.75. The minimum atomic E-state index is -0.390. The Hall–Kier alpha value is -1.07. The SMILES string of the molecule is CC1(C)OB(C=Cc2ccccc2B2OC(C)(C)C(C)(C)O2)OC1(C)C. The van der Waals surface area contributed by atoms with Crippen LogP contribution in [0.5, 0.6) is 0 Å². The average Bonchev–Trinajstić information content (AvgIpc) is 2.85. The maximum atomic E-state index is 6.21. The summed E-state index contributed by atoms with van der Waals surface area (Å²) in [5.41, 5.74) is 0.653. The Morgan fingerprint density at radius 2 is 1.15 bits per heavy atom.